The molecule has 1 amide bonds. The SMILES string of the molecule is CSCC[C@H](NC(=O)[C@@H](N)Cc1ccc(OC=O)cc1)C(=O)O.Nc1cccc2ccccc12. The van der Waals surface area contributed by atoms with E-state index in [1.807, 2.05) is 36.6 Å². The number of anilines is 1. The van der Waals surface area contributed by atoms with E-state index in [9.17, 15) is 14.4 Å². The molecule has 0 aliphatic rings. The van der Waals surface area contributed by atoms with E-state index in [-0.39, 0.29) is 6.42 Å². The van der Waals surface area contributed by atoms with Crippen LogP contribution in [-0.4, -0.2) is 47.5 Å². The first-order chi connectivity index (χ1) is 16.3. The normalized spacial score (nSPS) is 12.1. The van der Waals surface area contributed by atoms with Gasteiger partial charge >= 0.3 is 5.97 Å². The number of nitrogen functional groups attached to an aromatic ring is 1. The molecule has 6 N–H and O–H groups in total. The van der Waals surface area contributed by atoms with Gasteiger partial charge in [-0.2, -0.15) is 11.8 Å². The van der Waals surface area contributed by atoms with Gasteiger partial charge in [-0.1, -0.05) is 48.5 Å². The van der Waals surface area contributed by atoms with Crippen LogP contribution in [0.4, 0.5) is 5.69 Å². The molecule has 180 valence electrons. The van der Waals surface area contributed by atoms with Gasteiger partial charge in [-0.3, -0.25) is 9.59 Å². The number of hydrogen-bond acceptors (Lipinski definition) is 7. The van der Waals surface area contributed by atoms with Crippen molar-refractivity contribution >= 4 is 46.6 Å². The largest absolute Gasteiger partial charge is 0.480 e. The molecule has 0 fully saturated rings. The van der Waals surface area contributed by atoms with E-state index in [0.717, 1.165) is 16.6 Å². The van der Waals surface area contributed by atoms with Crippen molar-refractivity contribution in [2.24, 2.45) is 5.73 Å². The van der Waals surface area contributed by atoms with Crippen molar-refractivity contribution in [2.45, 2.75) is 24.9 Å². The highest BCUT2D eigenvalue weighted by molar-refractivity contribution is 7.98. The molecular weight excluding hydrogens is 454 g/mol. The predicted octanol–water partition coefficient (Wildman–Crippen LogP) is 2.84. The Balaban J connectivity index is 0.000000305. The van der Waals surface area contributed by atoms with Crippen LogP contribution in [0.15, 0.2) is 66.7 Å². The van der Waals surface area contributed by atoms with Gasteiger partial charge in [0.25, 0.3) is 6.47 Å². The quantitative estimate of drug-likeness (QED) is 0.254. The maximum absolute atomic E-state index is 12.0. The number of amides is 1. The van der Waals surface area contributed by atoms with E-state index in [1.54, 1.807) is 24.3 Å². The predicted molar refractivity (Wildman–Crippen MR) is 136 cm³/mol. The third-order valence-electron chi connectivity index (χ3n) is 4.95. The van der Waals surface area contributed by atoms with Gasteiger partial charge in [0.15, 0.2) is 0 Å². The number of nitrogens with two attached hydrogens (primary N) is 2. The third-order valence-corrected chi connectivity index (χ3v) is 5.59. The van der Waals surface area contributed by atoms with Gasteiger partial charge in [0, 0.05) is 11.1 Å². The monoisotopic (exact) mass is 483 g/mol. The Labute approximate surface area is 202 Å². The lowest BCUT2D eigenvalue weighted by atomic mass is 10.1. The zero-order chi connectivity index (χ0) is 24.9. The van der Waals surface area contributed by atoms with Gasteiger partial charge in [0.2, 0.25) is 5.91 Å². The average molecular weight is 484 g/mol. The van der Waals surface area contributed by atoms with E-state index in [2.05, 4.69) is 22.2 Å². The van der Waals surface area contributed by atoms with Gasteiger partial charge in [-0.05, 0) is 54.0 Å². The number of fused-ring (bicyclic) bond motifs is 1. The van der Waals surface area contributed by atoms with Crippen LogP contribution < -0.4 is 21.5 Å². The highest BCUT2D eigenvalue weighted by atomic mass is 32.2. The van der Waals surface area contributed by atoms with Gasteiger partial charge in [-0.25, -0.2) is 4.79 Å². The molecule has 0 saturated carbocycles. The van der Waals surface area contributed by atoms with Crippen LogP contribution in [0.3, 0.4) is 0 Å². The first-order valence-electron chi connectivity index (χ1n) is 10.6. The summed E-state index contributed by atoms with van der Waals surface area (Å²) in [6.07, 6.45) is 2.46. The highest BCUT2D eigenvalue weighted by Gasteiger charge is 2.23. The molecule has 3 rings (SSSR count). The van der Waals surface area contributed by atoms with Crippen LogP contribution in [0.25, 0.3) is 10.8 Å². The number of carbonyl (C=O) groups is 3. The smallest absolute Gasteiger partial charge is 0.326 e. The van der Waals surface area contributed by atoms with E-state index >= 15 is 0 Å². The molecule has 0 bridgehead atoms. The Hall–Kier alpha value is -3.56. The van der Waals surface area contributed by atoms with Crippen molar-refractivity contribution in [3.63, 3.8) is 0 Å². The number of hydrogen-bond donors (Lipinski definition) is 4. The molecule has 8 nitrogen and oxygen atoms in total. The van der Waals surface area contributed by atoms with E-state index < -0.39 is 24.0 Å². The standard InChI is InChI=1S/C15H20N2O5S.C10H9N/c1-23-7-6-13(15(20)21)17-14(19)12(16)8-10-2-4-11(5-3-10)22-9-18;11-10-7-3-5-8-4-1-2-6-9(8)10/h2-5,9,12-13H,6-8,16H2,1H3,(H,17,19)(H,20,21);1-7H,11H2/t12-,13-;/m0./s1. The minimum Gasteiger partial charge on any atom is -0.480 e. The maximum Gasteiger partial charge on any atom is 0.326 e. The molecule has 0 aliphatic heterocycles. The molecule has 3 aromatic rings. The summed E-state index contributed by atoms with van der Waals surface area (Å²) in [4.78, 5) is 33.3. The molecule has 0 spiro atoms. The summed E-state index contributed by atoms with van der Waals surface area (Å²) in [5.41, 5.74) is 13.2. The fourth-order valence-electron chi connectivity index (χ4n) is 3.13. The molecule has 2 atom stereocenters. The van der Waals surface area contributed by atoms with Gasteiger partial charge < -0.3 is 26.6 Å². The van der Waals surface area contributed by atoms with Crippen LogP contribution >= 0.6 is 11.8 Å². The summed E-state index contributed by atoms with van der Waals surface area (Å²) in [7, 11) is 0. The Kier molecular flexibility index (Phi) is 10.9. The number of aliphatic carboxylic acids is 1. The van der Waals surface area contributed by atoms with E-state index in [1.165, 1.54) is 17.1 Å². The molecule has 0 heterocycles. The Bertz CT molecular complexity index is 1090. The summed E-state index contributed by atoms with van der Waals surface area (Å²) in [6, 6.07) is 18.8. The lowest BCUT2D eigenvalue weighted by Crippen LogP contribution is -2.49. The van der Waals surface area contributed by atoms with Crippen LogP contribution in [0, 0.1) is 0 Å². The molecule has 3 aromatic carbocycles. The van der Waals surface area contributed by atoms with Gasteiger partial charge in [0.05, 0.1) is 6.04 Å². The van der Waals surface area contributed by atoms with Crippen LogP contribution in [0.2, 0.25) is 0 Å². The Morgan fingerprint density at radius 1 is 1.09 bits per heavy atom. The van der Waals surface area contributed by atoms with Crippen molar-refractivity contribution in [3.05, 3.63) is 72.3 Å². The molecule has 0 aliphatic carbocycles. The van der Waals surface area contributed by atoms with E-state index in [4.69, 9.17) is 16.6 Å². The van der Waals surface area contributed by atoms with Crippen molar-refractivity contribution in [1.82, 2.24) is 5.32 Å². The first kappa shape index (κ1) is 26.7. The minimum absolute atomic E-state index is 0.252. The number of carbonyl (C=O) groups excluding carboxylic acids is 2. The van der Waals surface area contributed by atoms with Crippen molar-refractivity contribution in [1.29, 1.82) is 0 Å². The highest BCUT2D eigenvalue weighted by Crippen LogP contribution is 2.19. The van der Waals surface area contributed by atoms with Crippen LogP contribution in [0.1, 0.15) is 12.0 Å². The molecule has 0 aromatic heterocycles. The topological polar surface area (TPSA) is 145 Å². The Morgan fingerprint density at radius 2 is 1.76 bits per heavy atom. The van der Waals surface area contributed by atoms with Crippen molar-refractivity contribution < 1.29 is 24.2 Å². The van der Waals surface area contributed by atoms with Gasteiger partial charge in [-0.15, -0.1) is 0 Å². The number of nitrogens with one attached hydrogen (secondary N) is 1. The lowest BCUT2D eigenvalue weighted by molar-refractivity contribution is -0.142. The zero-order valence-electron chi connectivity index (χ0n) is 18.8. The fourth-order valence-corrected chi connectivity index (χ4v) is 3.60. The second-order valence-corrected chi connectivity index (χ2v) is 8.40. The zero-order valence-corrected chi connectivity index (χ0v) is 19.7. The van der Waals surface area contributed by atoms with Gasteiger partial charge in [0.1, 0.15) is 11.8 Å². The second-order valence-electron chi connectivity index (χ2n) is 7.42. The summed E-state index contributed by atoms with van der Waals surface area (Å²) >= 11 is 1.51. The van der Waals surface area contributed by atoms with E-state index in [0.29, 0.717) is 24.4 Å². The molecular formula is C25H29N3O5S. The Morgan fingerprint density at radius 3 is 2.38 bits per heavy atom. The summed E-state index contributed by atoms with van der Waals surface area (Å²) in [5, 5.41) is 13.9. The number of rotatable bonds is 10. The second kappa shape index (κ2) is 13.9. The minimum atomic E-state index is -1.07. The van der Waals surface area contributed by atoms with Crippen molar-refractivity contribution in [2.75, 3.05) is 17.7 Å². The van der Waals surface area contributed by atoms with Crippen LogP contribution in [0.5, 0.6) is 5.75 Å². The average Bonchev–Trinajstić information content (AvgIpc) is 2.83. The maximum atomic E-state index is 12.0. The fraction of sp³-hybridized carbons (Fsp3) is 0.240. The summed E-state index contributed by atoms with van der Waals surface area (Å²) in [5.74, 6) is -0.559. The molecule has 0 saturated heterocycles. The summed E-state index contributed by atoms with van der Waals surface area (Å²) < 4.78 is 4.67. The molecule has 9 heteroatoms. The third kappa shape index (κ3) is 8.42. The lowest BCUT2D eigenvalue weighted by Gasteiger charge is -2.17. The molecule has 0 radical (unpaired) electrons. The number of carboxylic acid groups (broad SMARTS) is 1. The first-order valence-corrected chi connectivity index (χ1v) is 11.9. The molecule has 0 unspecified atom stereocenters. The number of carboxylic acids is 1. The number of benzene rings is 3. The molecule has 34 heavy (non-hydrogen) atoms. The van der Waals surface area contributed by atoms with Crippen LogP contribution in [-0.2, 0) is 20.8 Å². The number of ether oxygens (including phenoxy) is 1. The van der Waals surface area contributed by atoms with Crippen molar-refractivity contribution in [3.8, 4) is 5.75 Å². The number of thioether (sulfide) groups is 1. The summed E-state index contributed by atoms with van der Waals surface area (Å²) in [6.45, 7) is 0.328.